The number of hydrogen-bond donors (Lipinski definition) is 0. The van der Waals surface area contributed by atoms with E-state index in [0.717, 1.165) is 36.9 Å². The van der Waals surface area contributed by atoms with Gasteiger partial charge in [0.1, 0.15) is 5.58 Å². The number of benzene rings is 6. The van der Waals surface area contributed by atoms with Crippen molar-refractivity contribution < 1.29 is 4.42 Å². The lowest BCUT2D eigenvalue weighted by Gasteiger charge is -2.48. The van der Waals surface area contributed by atoms with Crippen LogP contribution in [0.2, 0.25) is 0 Å². The summed E-state index contributed by atoms with van der Waals surface area (Å²) in [5, 5.41) is 1.19. The quantitative estimate of drug-likeness (QED) is 0.165. The van der Waals surface area contributed by atoms with E-state index < -0.39 is 0 Å². The van der Waals surface area contributed by atoms with E-state index in [1.807, 2.05) is 0 Å². The van der Waals surface area contributed by atoms with Crippen LogP contribution >= 0.6 is 0 Å². The zero-order chi connectivity index (χ0) is 51.2. The lowest BCUT2D eigenvalue weighted by Crippen LogP contribution is -2.61. The first-order chi connectivity index (χ1) is 33.6. The molecule has 0 saturated carbocycles. The molecule has 0 fully saturated rings. The van der Waals surface area contributed by atoms with Crippen molar-refractivity contribution in [2.24, 2.45) is 0 Å². The first-order valence-corrected chi connectivity index (χ1v) is 27.5. The van der Waals surface area contributed by atoms with E-state index >= 15 is 0 Å². The largest absolute Gasteiger partial charge is 0.468 e. The molecule has 0 unspecified atom stereocenters. The van der Waals surface area contributed by atoms with Gasteiger partial charge >= 0.3 is 0 Å². The molecule has 2 aliphatic heterocycles. The molecule has 3 heterocycles. The maximum atomic E-state index is 7.58. The topological polar surface area (TPSA) is 19.6 Å². The average molecular weight is 951 g/mol. The molecule has 0 spiro atoms. The van der Waals surface area contributed by atoms with Gasteiger partial charge in [-0.05, 0) is 206 Å². The monoisotopic (exact) mass is 951 g/mol. The highest BCUT2D eigenvalue weighted by molar-refractivity contribution is 7.00. The summed E-state index contributed by atoms with van der Waals surface area (Å²) in [4.78, 5) is 5.38. The molecule has 0 atom stereocenters. The van der Waals surface area contributed by atoms with E-state index in [4.69, 9.17) is 4.42 Å². The van der Waals surface area contributed by atoms with Gasteiger partial charge in [0.05, 0.1) is 17.0 Å². The van der Waals surface area contributed by atoms with Gasteiger partial charge in [0, 0.05) is 33.7 Å². The number of hydrogen-bond acceptors (Lipinski definition) is 3. The third kappa shape index (κ3) is 6.95. The third-order valence-corrected chi connectivity index (χ3v) is 19.3. The smallest absolute Gasteiger partial charge is 0.297 e. The van der Waals surface area contributed by atoms with Crippen molar-refractivity contribution in [3.05, 3.63) is 147 Å². The van der Waals surface area contributed by atoms with Crippen LogP contribution in [-0.2, 0) is 37.9 Å². The third-order valence-electron chi connectivity index (χ3n) is 19.3. The Morgan fingerprint density at radius 3 is 1.53 bits per heavy atom. The summed E-state index contributed by atoms with van der Waals surface area (Å²) in [5.41, 5.74) is 27.6. The van der Waals surface area contributed by atoms with Gasteiger partial charge in [-0.3, -0.25) is 0 Å². The summed E-state index contributed by atoms with van der Waals surface area (Å²) in [6.07, 6.45) is 6.97. The van der Waals surface area contributed by atoms with Crippen LogP contribution in [0.15, 0.2) is 101 Å². The van der Waals surface area contributed by atoms with Crippen molar-refractivity contribution in [2.75, 3.05) is 9.80 Å². The van der Waals surface area contributed by atoms with Crippen molar-refractivity contribution in [3.8, 4) is 11.1 Å². The Hall–Kier alpha value is -5.48. The second-order valence-electron chi connectivity index (χ2n) is 28.4. The predicted octanol–water partition coefficient (Wildman–Crippen LogP) is 17.1. The lowest BCUT2D eigenvalue weighted by atomic mass is 9.35. The molecule has 0 radical (unpaired) electrons. The molecule has 0 N–H and O–H groups in total. The van der Waals surface area contributed by atoms with Gasteiger partial charge in [-0.1, -0.05) is 152 Å². The molecule has 0 saturated heterocycles. The van der Waals surface area contributed by atoms with Gasteiger partial charge in [0.15, 0.2) is 0 Å². The minimum atomic E-state index is -0.131. The van der Waals surface area contributed by atoms with Crippen LogP contribution in [0, 0.1) is 13.8 Å². The first-order valence-electron chi connectivity index (χ1n) is 27.5. The van der Waals surface area contributed by atoms with Crippen LogP contribution in [0.25, 0.3) is 22.1 Å². The standard InChI is InChI=1S/C68H79BN2O/c1-40-18-20-42(21-19-40)45-36-49-51(67(14,15)30-28-65(49,10)11)38-54(45)71-55-39-52-50(66(12,13)29-31-68(52,16)17)37-53(55)69-59-56(32-41(2)33-57(59)71)70(44-23-24-47-48(35-44)64(8,9)27-26-63(47,6)7)60-46-34-43(62(3,4)5)22-25-58(46)72-61(60)69/h18-25,32-39H,26-31H2,1-17H3. The minimum absolute atomic E-state index is 0.0112. The molecule has 4 heteroatoms. The van der Waals surface area contributed by atoms with E-state index in [2.05, 4.69) is 225 Å². The Morgan fingerprint density at radius 2 is 0.958 bits per heavy atom. The van der Waals surface area contributed by atoms with Gasteiger partial charge in [-0.15, -0.1) is 0 Å². The van der Waals surface area contributed by atoms with Crippen LogP contribution in [0.1, 0.15) is 192 Å². The molecule has 1 aromatic heterocycles. The zero-order valence-electron chi connectivity index (χ0n) is 46.9. The van der Waals surface area contributed by atoms with E-state index in [1.54, 1.807) is 0 Å². The van der Waals surface area contributed by atoms with Crippen LogP contribution in [0.3, 0.4) is 0 Å². The maximum absolute atomic E-state index is 7.58. The summed E-state index contributed by atoms with van der Waals surface area (Å²) in [5.74, 6) is 0. The lowest BCUT2D eigenvalue weighted by molar-refractivity contribution is 0.332. The number of fused-ring (bicyclic) bond motifs is 9. The minimum Gasteiger partial charge on any atom is -0.468 e. The molecule has 370 valence electrons. The molecule has 72 heavy (non-hydrogen) atoms. The molecule has 0 bridgehead atoms. The molecule has 3 nitrogen and oxygen atoms in total. The first kappa shape index (κ1) is 47.5. The van der Waals surface area contributed by atoms with Crippen molar-refractivity contribution in [1.82, 2.24) is 0 Å². The SMILES string of the molecule is Cc1ccc(-c2cc3c(cc2N2c4cc5c(cc4B4c6oc7ccc(C(C)(C)C)cc7c6N(c6ccc7c(c6)C(C)(C)CCC7(C)C)c6cc(C)cc2c64)C(C)(C)CCC5(C)C)C(C)(C)CCC3(C)C)cc1. The number of nitrogens with zero attached hydrogens (tertiary/aromatic N) is 2. The maximum Gasteiger partial charge on any atom is 0.297 e. The van der Waals surface area contributed by atoms with Crippen LogP contribution < -0.4 is 26.4 Å². The Bertz CT molecular complexity index is 3440. The molecular formula is C68H79BN2O. The number of anilines is 6. The summed E-state index contributed by atoms with van der Waals surface area (Å²) in [7, 11) is 0. The molecule has 3 aliphatic carbocycles. The van der Waals surface area contributed by atoms with Gasteiger partial charge < -0.3 is 14.2 Å². The van der Waals surface area contributed by atoms with Crippen molar-refractivity contribution in [2.45, 2.75) is 194 Å². The Kier molecular flexibility index (Phi) is 9.95. The highest BCUT2D eigenvalue weighted by Gasteiger charge is 2.50. The van der Waals surface area contributed by atoms with E-state index in [-0.39, 0.29) is 44.6 Å². The average Bonchev–Trinajstić information content (AvgIpc) is 3.69. The van der Waals surface area contributed by atoms with E-state index in [9.17, 15) is 0 Å². The fourth-order valence-electron chi connectivity index (χ4n) is 14.1. The van der Waals surface area contributed by atoms with Crippen molar-refractivity contribution in [3.63, 3.8) is 0 Å². The highest BCUT2D eigenvalue weighted by atomic mass is 16.3. The fraction of sp³-hybridized carbons (Fsp3) is 0.441. The van der Waals surface area contributed by atoms with E-state index in [1.165, 1.54) is 124 Å². The van der Waals surface area contributed by atoms with Crippen molar-refractivity contribution >= 4 is 68.4 Å². The van der Waals surface area contributed by atoms with Gasteiger partial charge in [0.2, 0.25) is 0 Å². The summed E-state index contributed by atoms with van der Waals surface area (Å²) < 4.78 is 7.58. The second kappa shape index (κ2) is 15.1. The normalized spacial score (nSPS) is 20.3. The zero-order valence-corrected chi connectivity index (χ0v) is 46.9. The Morgan fingerprint density at radius 1 is 0.458 bits per heavy atom. The molecule has 5 aliphatic rings. The Balaban J connectivity index is 1.24. The van der Waals surface area contributed by atoms with Gasteiger partial charge in [-0.25, -0.2) is 0 Å². The highest BCUT2D eigenvalue weighted by Crippen LogP contribution is 2.56. The van der Waals surface area contributed by atoms with Gasteiger partial charge in [0.25, 0.3) is 6.71 Å². The second-order valence-corrected chi connectivity index (χ2v) is 28.4. The summed E-state index contributed by atoms with van der Waals surface area (Å²) >= 11 is 0. The van der Waals surface area contributed by atoms with Crippen LogP contribution in [0.4, 0.5) is 34.1 Å². The fourth-order valence-corrected chi connectivity index (χ4v) is 14.1. The number of aryl methyl sites for hydroxylation is 2. The molecule has 7 aromatic rings. The summed E-state index contributed by atoms with van der Waals surface area (Å²) in [6, 6.07) is 39.4. The molecule has 6 aromatic carbocycles. The van der Waals surface area contributed by atoms with Crippen LogP contribution in [-0.4, -0.2) is 6.71 Å². The van der Waals surface area contributed by atoms with Gasteiger partial charge in [-0.2, -0.15) is 0 Å². The van der Waals surface area contributed by atoms with Crippen LogP contribution in [0.5, 0.6) is 0 Å². The number of rotatable bonds is 3. The van der Waals surface area contributed by atoms with Crippen molar-refractivity contribution in [1.29, 1.82) is 0 Å². The molecular weight excluding hydrogens is 872 g/mol. The predicted molar refractivity (Wildman–Crippen MR) is 310 cm³/mol. The van der Waals surface area contributed by atoms with E-state index in [0.29, 0.717) is 0 Å². The number of furan rings is 1. The Labute approximate surface area is 432 Å². The summed E-state index contributed by atoms with van der Waals surface area (Å²) in [6.45, 7) is 41.1. The molecule has 12 rings (SSSR count). The molecule has 0 amide bonds.